The van der Waals surface area contributed by atoms with Crippen LogP contribution in [0.15, 0.2) is 53.7 Å². The fourth-order valence-corrected chi connectivity index (χ4v) is 8.23. The lowest BCUT2D eigenvalue weighted by atomic mass is 9.83. The zero-order valence-electron chi connectivity index (χ0n) is 31.7. The largest absolute Gasteiger partial charge is 0.444 e. The Morgan fingerprint density at radius 2 is 1.76 bits per heavy atom. The zero-order chi connectivity index (χ0) is 36.7. The molecule has 6 heterocycles. The summed E-state index contributed by atoms with van der Waals surface area (Å²) in [6, 6.07) is 14.1. The maximum Gasteiger partial charge on any atom is 0.410 e. The Hall–Kier alpha value is -3.86. The van der Waals surface area contributed by atoms with Crippen molar-refractivity contribution in [3.8, 4) is 0 Å². The van der Waals surface area contributed by atoms with Gasteiger partial charge in [0.25, 0.3) is 5.91 Å². The lowest BCUT2D eigenvalue weighted by Gasteiger charge is -2.34. The lowest BCUT2D eigenvalue weighted by Crippen LogP contribution is -2.41. The number of likely N-dealkylation sites (tertiary alicyclic amines) is 1. The van der Waals surface area contributed by atoms with Crippen LogP contribution in [-0.2, 0) is 10.2 Å². The first-order chi connectivity index (χ1) is 24.0. The molecule has 0 saturated carbocycles. The summed E-state index contributed by atoms with van der Waals surface area (Å²) >= 11 is 1.22. The fraction of sp³-hybridized carbons (Fsp3) is 0.575. The van der Waals surface area contributed by atoms with Crippen molar-refractivity contribution in [1.29, 1.82) is 0 Å². The summed E-state index contributed by atoms with van der Waals surface area (Å²) in [7, 11) is 0. The van der Waals surface area contributed by atoms with Crippen molar-refractivity contribution in [2.45, 2.75) is 122 Å². The van der Waals surface area contributed by atoms with Crippen molar-refractivity contribution in [3.63, 3.8) is 0 Å². The number of rotatable bonds is 2. The van der Waals surface area contributed by atoms with E-state index >= 15 is 0 Å². The smallest absolute Gasteiger partial charge is 0.410 e. The van der Waals surface area contributed by atoms with Crippen molar-refractivity contribution in [2.75, 3.05) is 29.9 Å². The second-order valence-electron chi connectivity index (χ2n) is 17.3. The van der Waals surface area contributed by atoms with Gasteiger partial charge in [0.05, 0.1) is 17.3 Å². The van der Waals surface area contributed by atoms with E-state index in [2.05, 4.69) is 68.6 Å². The topological polar surface area (TPSA) is 113 Å². The van der Waals surface area contributed by atoms with E-state index in [1.54, 1.807) is 0 Å². The van der Waals surface area contributed by atoms with Gasteiger partial charge >= 0.3 is 6.09 Å². The van der Waals surface area contributed by atoms with Crippen LogP contribution >= 0.6 is 11.9 Å². The Labute approximate surface area is 308 Å². The van der Waals surface area contributed by atoms with Crippen LogP contribution in [0.4, 0.5) is 16.4 Å². The van der Waals surface area contributed by atoms with Crippen LogP contribution < -0.4 is 14.9 Å². The molecule has 3 aliphatic rings. The van der Waals surface area contributed by atoms with E-state index in [4.69, 9.17) is 19.7 Å². The van der Waals surface area contributed by atoms with Crippen LogP contribution in [0.2, 0.25) is 0 Å². The fourth-order valence-electron chi connectivity index (χ4n) is 7.64. The number of carbonyl (C=O) groups is 2. The van der Waals surface area contributed by atoms with Gasteiger partial charge < -0.3 is 19.9 Å². The van der Waals surface area contributed by atoms with E-state index in [-0.39, 0.29) is 29.0 Å². The highest BCUT2D eigenvalue weighted by Crippen LogP contribution is 2.43. The predicted octanol–water partition coefficient (Wildman–Crippen LogP) is 8.52. The number of nitrogens with zero attached hydrogens (tertiary/aromatic N) is 5. The van der Waals surface area contributed by atoms with Crippen LogP contribution in [0.5, 0.6) is 0 Å². The second kappa shape index (κ2) is 14.3. The van der Waals surface area contributed by atoms with Crippen LogP contribution in [0.3, 0.4) is 0 Å². The van der Waals surface area contributed by atoms with Gasteiger partial charge in [-0.05, 0) is 120 Å². The summed E-state index contributed by atoms with van der Waals surface area (Å²) in [5, 5.41) is 4.44. The molecule has 11 heteroatoms. The van der Waals surface area contributed by atoms with Gasteiger partial charge in [-0.15, -0.1) is 0 Å². The van der Waals surface area contributed by atoms with Gasteiger partial charge in [-0.1, -0.05) is 33.8 Å². The molecule has 2 fully saturated rings. The summed E-state index contributed by atoms with van der Waals surface area (Å²) in [6.07, 6.45) is 5.29. The van der Waals surface area contributed by atoms with Crippen molar-refractivity contribution in [3.05, 3.63) is 71.2 Å². The van der Waals surface area contributed by atoms with Gasteiger partial charge in [0.1, 0.15) is 22.3 Å². The maximum atomic E-state index is 13.8. The summed E-state index contributed by atoms with van der Waals surface area (Å²) in [5.41, 5.74) is 2.93. The Morgan fingerprint density at radius 1 is 1.02 bits per heavy atom. The van der Waals surface area contributed by atoms with Crippen molar-refractivity contribution >= 4 is 35.6 Å². The minimum Gasteiger partial charge on any atom is -0.444 e. The van der Waals surface area contributed by atoms with Crippen molar-refractivity contribution in [1.82, 2.24) is 24.6 Å². The number of amides is 2. The molecule has 274 valence electrons. The van der Waals surface area contributed by atoms with E-state index in [0.717, 1.165) is 55.3 Å². The summed E-state index contributed by atoms with van der Waals surface area (Å²) < 4.78 is 8.69. The summed E-state index contributed by atoms with van der Waals surface area (Å²) in [6.45, 7) is 21.2. The molecule has 0 spiro atoms. The van der Waals surface area contributed by atoms with Crippen molar-refractivity contribution < 1.29 is 14.3 Å². The Morgan fingerprint density at radius 3 is 2.47 bits per heavy atom. The van der Waals surface area contributed by atoms with Gasteiger partial charge in [-0.3, -0.25) is 14.5 Å². The number of anilines is 2. The number of hydrogen-bond donors (Lipinski definition) is 2. The normalized spacial score (nSPS) is 23.0. The molecule has 3 atom stereocenters. The maximum absolute atomic E-state index is 13.8. The average molecular weight is 714 g/mol. The molecule has 0 radical (unpaired) electrons. The molecule has 2 saturated heterocycles. The molecule has 3 unspecified atom stereocenters. The van der Waals surface area contributed by atoms with Crippen LogP contribution in [0.25, 0.3) is 0 Å². The molecule has 0 aromatic carbocycles. The van der Waals surface area contributed by atoms with Crippen LogP contribution in [0.1, 0.15) is 127 Å². The molecular weight excluding hydrogens is 659 g/mol. The molecular formula is C40H55N7O3S. The van der Waals surface area contributed by atoms with Gasteiger partial charge in [0.15, 0.2) is 0 Å². The third kappa shape index (κ3) is 8.62. The van der Waals surface area contributed by atoms with Crippen LogP contribution in [-0.4, -0.2) is 62.6 Å². The van der Waals surface area contributed by atoms with Crippen LogP contribution in [0, 0.1) is 11.8 Å². The number of aromatic nitrogens is 3. The van der Waals surface area contributed by atoms with E-state index in [0.29, 0.717) is 41.4 Å². The molecule has 3 aliphatic heterocycles. The molecule has 3 aromatic heterocycles. The molecule has 51 heavy (non-hydrogen) atoms. The Balaban J connectivity index is 1.30. The second-order valence-corrected chi connectivity index (χ2v) is 18.1. The highest BCUT2D eigenvalue weighted by atomic mass is 32.2. The van der Waals surface area contributed by atoms with Gasteiger partial charge in [-0.25, -0.2) is 14.8 Å². The Bertz CT molecular complexity index is 1740. The number of pyridine rings is 3. The van der Waals surface area contributed by atoms with Crippen molar-refractivity contribution in [2.24, 2.45) is 11.8 Å². The molecule has 3 aromatic rings. The average Bonchev–Trinajstić information content (AvgIpc) is 3.40. The minimum atomic E-state index is -0.506. The SMILES string of the molecule is CC1CC(c2cc(C3CCN(C(=O)OC(C)(C)C)CC3)ccn2)Nc2cccc(n2)SNC(=O)c2ccc(C(C)(C)C)nc2N2CC1CC2(C)C. The third-order valence-electron chi connectivity index (χ3n) is 10.5. The number of piperidine rings is 1. The number of hydrogen-bond acceptors (Lipinski definition) is 9. The third-order valence-corrected chi connectivity index (χ3v) is 11.3. The standard InChI is InChI=1S/C40H55N7O3S/c1-25-21-31(30-22-27(15-18-41-30)26-16-19-46(20-17-26)37(49)50-39(5,6)7)42-33-11-10-12-34(44-33)51-45-36(48)29-13-14-32(38(2,3)4)43-35(29)47-24-28(25)23-40(47,8)9/h10-15,18,22,25-26,28,31H,16-17,19-21,23-24H2,1-9H3,(H,42,44)(H,45,48). The molecule has 2 amide bonds. The van der Waals surface area contributed by atoms with Gasteiger partial charge in [0, 0.05) is 54.4 Å². The molecule has 4 bridgehead atoms. The molecule has 10 nitrogen and oxygen atoms in total. The monoisotopic (exact) mass is 713 g/mol. The minimum absolute atomic E-state index is 0.0793. The van der Waals surface area contributed by atoms with E-state index < -0.39 is 5.60 Å². The quantitative estimate of drug-likeness (QED) is 0.253. The highest BCUT2D eigenvalue weighted by Gasteiger charge is 2.43. The number of fused-ring (bicyclic) bond motifs is 6. The number of ether oxygens (including phenoxy) is 1. The Kier molecular flexibility index (Phi) is 10.3. The predicted molar refractivity (Wildman–Crippen MR) is 204 cm³/mol. The first-order valence-corrected chi connectivity index (χ1v) is 19.2. The summed E-state index contributed by atoms with van der Waals surface area (Å²) in [5.74, 6) is 2.35. The highest BCUT2D eigenvalue weighted by molar-refractivity contribution is 7.97. The van der Waals surface area contributed by atoms with Gasteiger partial charge in [0.2, 0.25) is 0 Å². The first kappa shape index (κ1) is 36.9. The zero-order valence-corrected chi connectivity index (χ0v) is 32.6. The van der Waals surface area contributed by atoms with E-state index in [1.165, 1.54) is 17.5 Å². The summed E-state index contributed by atoms with van der Waals surface area (Å²) in [4.78, 5) is 45.7. The lowest BCUT2D eigenvalue weighted by molar-refractivity contribution is 0.0204. The number of nitrogens with one attached hydrogen (secondary N) is 2. The van der Waals surface area contributed by atoms with E-state index in [1.807, 2.05) is 62.2 Å². The molecule has 6 rings (SSSR count). The van der Waals surface area contributed by atoms with E-state index in [9.17, 15) is 9.59 Å². The first-order valence-electron chi connectivity index (χ1n) is 18.4. The molecule has 2 N–H and O–H groups in total. The molecule has 0 aliphatic carbocycles. The van der Waals surface area contributed by atoms with Gasteiger partial charge in [-0.2, -0.15) is 0 Å². The number of carbonyl (C=O) groups excluding carboxylic acids is 2.